The van der Waals surface area contributed by atoms with Crippen LogP contribution >= 0.6 is 0 Å². The van der Waals surface area contributed by atoms with Gasteiger partial charge >= 0.3 is 0 Å². The zero-order valence-corrected chi connectivity index (χ0v) is 8.17. The fourth-order valence-corrected chi connectivity index (χ4v) is 1.34. The first-order chi connectivity index (χ1) is 6.63. The highest BCUT2D eigenvalue weighted by Crippen LogP contribution is 2.04. The number of carbonyl (C=O) groups is 1. The van der Waals surface area contributed by atoms with Gasteiger partial charge < -0.3 is 5.32 Å². The Morgan fingerprint density at radius 1 is 1.50 bits per heavy atom. The summed E-state index contributed by atoms with van der Waals surface area (Å²) in [6.45, 7) is 3.30. The fraction of sp³-hybridized carbons (Fsp3) is 0.111. The van der Waals surface area contributed by atoms with Crippen LogP contribution in [0.15, 0.2) is 36.6 Å². The summed E-state index contributed by atoms with van der Waals surface area (Å²) in [6, 6.07) is 0. The van der Waals surface area contributed by atoms with Gasteiger partial charge in [-0.25, -0.2) is 0 Å². The third-order valence-electron chi connectivity index (χ3n) is 1.64. The molecule has 0 aromatic carbocycles. The second-order valence-corrected chi connectivity index (χ2v) is 3.59. The van der Waals surface area contributed by atoms with Crippen molar-refractivity contribution in [2.45, 2.75) is 6.42 Å². The van der Waals surface area contributed by atoms with Crippen molar-refractivity contribution in [1.29, 1.82) is 0 Å². The van der Waals surface area contributed by atoms with Crippen LogP contribution in [0.2, 0.25) is 0 Å². The number of nitrogens with one attached hydrogen (secondary N) is 1. The molecule has 0 aromatic rings. The van der Waals surface area contributed by atoms with Crippen LogP contribution in [0.25, 0.3) is 0 Å². The molecule has 0 atom stereocenters. The van der Waals surface area contributed by atoms with E-state index in [1.807, 2.05) is 0 Å². The molecule has 0 unspecified atom stereocenters. The molecule has 0 bridgehead atoms. The Kier molecular flexibility index (Phi) is 3.41. The van der Waals surface area contributed by atoms with Gasteiger partial charge in [0.2, 0.25) is 16.2 Å². The molecule has 0 fully saturated rings. The summed E-state index contributed by atoms with van der Waals surface area (Å²) in [7, 11) is -2.18. The number of hydrogen-bond acceptors (Lipinski definition) is 3. The molecule has 0 aliphatic heterocycles. The monoisotopic (exact) mass is 211 g/mol. The minimum Gasteiger partial charge on any atom is -0.323 e. The lowest BCUT2D eigenvalue weighted by molar-refractivity contribution is -0.115. The molecule has 1 N–H and O–H groups in total. The van der Waals surface area contributed by atoms with Crippen LogP contribution in [0.4, 0.5) is 0 Å². The summed E-state index contributed by atoms with van der Waals surface area (Å²) in [4.78, 5) is 11.2. The van der Waals surface area contributed by atoms with Crippen LogP contribution in [0.3, 0.4) is 0 Å². The van der Waals surface area contributed by atoms with Crippen molar-refractivity contribution in [1.82, 2.24) is 5.32 Å². The van der Waals surface area contributed by atoms with Crippen LogP contribution in [-0.2, 0) is 15.1 Å². The van der Waals surface area contributed by atoms with Gasteiger partial charge in [-0.05, 0) is 18.2 Å². The van der Waals surface area contributed by atoms with E-state index in [2.05, 4.69) is 11.9 Å². The first-order valence-corrected chi connectivity index (χ1v) is 4.97. The zero-order chi connectivity index (χ0) is 10.6. The molecule has 14 heavy (non-hydrogen) atoms. The molecule has 1 aliphatic carbocycles. The molecule has 5 heteroatoms. The van der Waals surface area contributed by atoms with E-state index in [1.165, 1.54) is 12.2 Å². The smallest absolute Gasteiger partial charge is 0.247 e. The van der Waals surface area contributed by atoms with Crippen LogP contribution in [0.5, 0.6) is 0 Å². The Morgan fingerprint density at radius 3 is 2.64 bits per heavy atom. The molecular weight excluding hydrogens is 202 g/mol. The average Bonchev–Trinajstić information content (AvgIpc) is 2.18. The van der Waals surface area contributed by atoms with Gasteiger partial charge in [0.1, 0.15) is 0 Å². The van der Waals surface area contributed by atoms with Gasteiger partial charge in [-0.3, -0.25) is 4.79 Å². The van der Waals surface area contributed by atoms with Crippen molar-refractivity contribution in [3.8, 4) is 0 Å². The van der Waals surface area contributed by atoms with Crippen LogP contribution in [-0.4, -0.2) is 19.2 Å². The lowest BCUT2D eigenvalue weighted by Gasteiger charge is -2.06. The zero-order valence-electron chi connectivity index (χ0n) is 7.36. The van der Waals surface area contributed by atoms with E-state index in [4.69, 9.17) is 0 Å². The molecule has 1 amide bonds. The van der Waals surface area contributed by atoms with Gasteiger partial charge in [0.15, 0.2) is 0 Å². The maximum atomic E-state index is 10.9. The van der Waals surface area contributed by atoms with E-state index in [0.717, 1.165) is 6.08 Å². The van der Waals surface area contributed by atoms with Gasteiger partial charge in [-0.15, -0.1) is 0 Å². The fourth-order valence-electron chi connectivity index (χ4n) is 0.939. The quantitative estimate of drug-likeness (QED) is 0.523. The van der Waals surface area contributed by atoms with Crippen molar-refractivity contribution in [2.24, 2.45) is 0 Å². The predicted octanol–water partition coefficient (Wildman–Crippen LogP) is 0.184. The Hall–Kier alpha value is -1.62. The maximum Gasteiger partial charge on any atom is 0.247 e. The molecule has 74 valence electrons. The summed E-state index contributed by atoms with van der Waals surface area (Å²) < 4.78 is 21.0. The minimum atomic E-state index is -2.18. The first-order valence-electron chi connectivity index (χ1n) is 3.90. The number of carbonyl (C=O) groups excluding carboxylic acids is 1. The van der Waals surface area contributed by atoms with E-state index in [-0.39, 0.29) is 5.91 Å². The summed E-state index contributed by atoms with van der Waals surface area (Å²) in [6.07, 6.45) is 6.09. The summed E-state index contributed by atoms with van der Waals surface area (Å²) in [5.41, 5.74) is 0.587. The second kappa shape index (κ2) is 4.57. The molecule has 0 radical (unpaired) electrons. The van der Waals surface area contributed by atoms with Crippen LogP contribution < -0.4 is 5.32 Å². The number of rotatable bonds is 2. The first kappa shape index (κ1) is 10.5. The van der Waals surface area contributed by atoms with E-state index < -0.39 is 10.3 Å². The highest BCUT2D eigenvalue weighted by Gasteiger charge is 2.04. The molecule has 0 heterocycles. The predicted molar refractivity (Wildman–Crippen MR) is 54.1 cm³/mol. The Balaban J connectivity index is 2.74. The van der Waals surface area contributed by atoms with Crippen molar-refractivity contribution >= 4 is 21.1 Å². The largest absolute Gasteiger partial charge is 0.323 e. The number of amides is 1. The highest BCUT2D eigenvalue weighted by atomic mass is 32.2. The lowest BCUT2D eigenvalue weighted by Crippen LogP contribution is -2.20. The molecule has 0 aromatic heterocycles. The summed E-state index contributed by atoms with van der Waals surface area (Å²) in [5.74, 6) is -0.312. The number of allylic oxidation sites excluding steroid dienone is 3. The minimum absolute atomic E-state index is 0.305. The molecular formula is C9H9NO3S. The molecule has 1 rings (SSSR count). The summed E-state index contributed by atoms with van der Waals surface area (Å²) in [5, 5.41) is 2.53. The van der Waals surface area contributed by atoms with Crippen molar-refractivity contribution in [2.75, 3.05) is 0 Å². The standard InChI is InChI=1S/C9H9NO3S/c1-2-9(11)10-7-3-5-8(6-4-7)14(12)13/h2-5H,1,6H2,(H,10,11). The van der Waals surface area contributed by atoms with Gasteiger partial charge in [0, 0.05) is 12.1 Å². The molecule has 0 saturated carbocycles. The van der Waals surface area contributed by atoms with Gasteiger partial charge in [-0.1, -0.05) is 12.7 Å². The van der Waals surface area contributed by atoms with Crippen molar-refractivity contribution < 1.29 is 13.2 Å². The Bertz CT molecular complexity index is 446. The third kappa shape index (κ3) is 2.70. The van der Waals surface area contributed by atoms with E-state index in [0.29, 0.717) is 17.0 Å². The highest BCUT2D eigenvalue weighted by molar-refractivity contribution is 7.73. The Morgan fingerprint density at radius 2 is 2.21 bits per heavy atom. The second-order valence-electron chi connectivity index (χ2n) is 2.59. The van der Waals surface area contributed by atoms with E-state index >= 15 is 0 Å². The van der Waals surface area contributed by atoms with Crippen LogP contribution in [0.1, 0.15) is 6.42 Å². The number of hydrogen-bond donors (Lipinski definition) is 1. The molecule has 0 spiro atoms. The van der Waals surface area contributed by atoms with Crippen molar-refractivity contribution in [3.05, 3.63) is 36.6 Å². The van der Waals surface area contributed by atoms with Gasteiger partial charge in [-0.2, -0.15) is 8.42 Å². The van der Waals surface area contributed by atoms with E-state index in [1.54, 1.807) is 6.08 Å². The Labute approximate surface area is 83.2 Å². The average molecular weight is 211 g/mol. The molecule has 1 aliphatic rings. The SMILES string of the molecule is C=CC(=O)NC1=CCC(=S(=O)=O)C=C1. The van der Waals surface area contributed by atoms with Crippen LogP contribution in [0, 0.1) is 0 Å². The topological polar surface area (TPSA) is 63.2 Å². The molecule has 0 saturated heterocycles. The van der Waals surface area contributed by atoms with Gasteiger partial charge in [0.25, 0.3) is 0 Å². The lowest BCUT2D eigenvalue weighted by atomic mass is 10.1. The summed E-state index contributed by atoms with van der Waals surface area (Å²) >= 11 is 0. The van der Waals surface area contributed by atoms with Crippen molar-refractivity contribution in [3.63, 3.8) is 0 Å². The molecule has 4 nitrogen and oxygen atoms in total. The normalized spacial score (nSPS) is 14.6. The third-order valence-corrected chi connectivity index (χ3v) is 2.37. The maximum absolute atomic E-state index is 10.9. The van der Waals surface area contributed by atoms with Gasteiger partial charge in [0.05, 0.1) is 4.86 Å². The van der Waals surface area contributed by atoms with E-state index in [9.17, 15) is 13.2 Å².